The average Bonchev–Trinajstić information content (AvgIpc) is 3.49. The van der Waals surface area contributed by atoms with Gasteiger partial charge < -0.3 is 15.2 Å². The molecule has 4 aromatic heterocycles. The zero-order valence-corrected chi connectivity index (χ0v) is 19.8. The van der Waals surface area contributed by atoms with E-state index in [9.17, 15) is 4.79 Å². The summed E-state index contributed by atoms with van der Waals surface area (Å²) in [5.41, 5.74) is 10.3. The minimum atomic E-state index is 0.0609. The van der Waals surface area contributed by atoms with Crippen molar-refractivity contribution < 1.29 is 0 Å². The van der Waals surface area contributed by atoms with Gasteiger partial charge in [-0.2, -0.15) is 10.2 Å². The van der Waals surface area contributed by atoms with Gasteiger partial charge in [-0.05, 0) is 56.9 Å². The molecule has 3 N–H and O–H groups in total. The molecule has 178 valence electrons. The largest absolute Gasteiger partial charge is 0.383 e. The van der Waals surface area contributed by atoms with Crippen LogP contribution in [-0.4, -0.2) is 59.5 Å². The third kappa shape index (κ3) is 3.57. The Bertz CT molecular complexity index is 1590. The molecule has 0 atom stereocenters. The van der Waals surface area contributed by atoms with Gasteiger partial charge >= 0.3 is 0 Å². The van der Waals surface area contributed by atoms with E-state index in [4.69, 9.17) is 10.8 Å². The first-order chi connectivity index (χ1) is 17.0. The molecule has 0 radical (unpaired) electrons. The molecule has 0 saturated carbocycles. The molecule has 0 amide bonds. The molecule has 6 rings (SSSR count). The Morgan fingerprint density at radius 3 is 2.77 bits per heavy atom. The summed E-state index contributed by atoms with van der Waals surface area (Å²) in [5, 5.41) is 14.2. The van der Waals surface area contributed by atoms with E-state index < -0.39 is 0 Å². The van der Waals surface area contributed by atoms with Crippen molar-refractivity contribution in [2.24, 2.45) is 0 Å². The molecule has 5 heterocycles. The number of nitrogens with one attached hydrogen (secondary N) is 1. The highest BCUT2D eigenvalue weighted by atomic mass is 16.1. The molecule has 1 aliphatic rings. The fourth-order valence-electron chi connectivity index (χ4n) is 5.25. The van der Waals surface area contributed by atoms with Gasteiger partial charge in [-0.1, -0.05) is 18.2 Å². The van der Waals surface area contributed by atoms with Gasteiger partial charge in [0.2, 0.25) is 0 Å². The topological polar surface area (TPSA) is 124 Å². The third-order valence-electron chi connectivity index (χ3n) is 7.06. The Hall–Kier alpha value is -4.05. The molecule has 1 aromatic carbocycles. The van der Waals surface area contributed by atoms with Crippen molar-refractivity contribution in [2.75, 3.05) is 25.9 Å². The first-order valence-corrected chi connectivity index (χ1v) is 11.8. The molecule has 0 aliphatic carbocycles. The Morgan fingerprint density at radius 1 is 1.17 bits per heavy atom. The fraction of sp³-hybridized carbons (Fsp3) is 0.320. The molecular formula is C25H27N9O. The van der Waals surface area contributed by atoms with E-state index in [1.807, 2.05) is 34.4 Å². The van der Waals surface area contributed by atoms with Crippen LogP contribution in [0.3, 0.4) is 0 Å². The van der Waals surface area contributed by atoms with E-state index in [1.165, 1.54) is 6.33 Å². The zero-order valence-electron chi connectivity index (χ0n) is 19.8. The highest BCUT2D eigenvalue weighted by molar-refractivity contribution is 5.98. The standard InChI is InChI=1S/C25H27N9O/c1-15-4-3-5-16-10-19(34(25(35)20(15)16)18-6-8-32(2)9-7-18)13-33-24-21(23(26)27-14-28-24)22(31-33)17-11-29-30-12-17/h3-5,10-12,14,18H,6-9,13H2,1-2H3,(H,29,30)(H2,26,27,28). The Labute approximate surface area is 201 Å². The SMILES string of the molecule is Cc1cccc2cc(Cn3nc(-c4cn[nH]c4)c4c(N)ncnc43)n(C3CCN(C)CC3)c(=O)c12. The van der Waals surface area contributed by atoms with Crippen LogP contribution in [0.1, 0.15) is 30.1 Å². The number of hydrogen-bond acceptors (Lipinski definition) is 7. The molecule has 1 saturated heterocycles. The van der Waals surface area contributed by atoms with Crippen molar-refractivity contribution >= 4 is 27.6 Å². The van der Waals surface area contributed by atoms with Crippen molar-refractivity contribution in [1.82, 2.24) is 39.4 Å². The number of nitrogens with zero attached hydrogens (tertiary/aromatic N) is 7. The number of pyridine rings is 1. The normalized spacial score (nSPS) is 15.4. The Balaban J connectivity index is 1.55. The molecular weight excluding hydrogens is 442 g/mol. The molecule has 0 spiro atoms. The summed E-state index contributed by atoms with van der Waals surface area (Å²) in [4.78, 5) is 24.9. The predicted octanol–water partition coefficient (Wildman–Crippen LogP) is 2.74. The van der Waals surface area contributed by atoms with Crippen molar-refractivity contribution in [3.63, 3.8) is 0 Å². The zero-order chi connectivity index (χ0) is 24.1. The lowest BCUT2D eigenvalue weighted by Gasteiger charge is -2.32. The van der Waals surface area contributed by atoms with Crippen molar-refractivity contribution in [2.45, 2.75) is 32.4 Å². The minimum Gasteiger partial charge on any atom is -0.383 e. The molecule has 35 heavy (non-hydrogen) atoms. The number of H-pyrrole nitrogens is 1. The van der Waals surface area contributed by atoms with Crippen molar-refractivity contribution in [1.29, 1.82) is 0 Å². The van der Waals surface area contributed by atoms with Crippen molar-refractivity contribution in [3.8, 4) is 11.3 Å². The smallest absolute Gasteiger partial charge is 0.259 e. The molecule has 0 bridgehead atoms. The maximum atomic E-state index is 13.9. The van der Waals surface area contributed by atoms with E-state index in [2.05, 4.69) is 38.2 Å². The van der Waals surface area contributed by atoms with Crippen LogP contribution in [0.2, 0.25) is 0 Å². The molecule has 1 aliphatic heterocycles. The van der Waals surface area contributed by atoms with Crippen LogP contribution in [0.15, 0.2) is 47.8 Å². The third-order valence-corrected chi connectivity index (χ3v) is 7.06. The maximum absolute atomic E-state index is 13.9. The number of aromatic nitrogens is 7. The van der Waals surface area contributed by atoms with E-state index in [0.29, 0.717) is 29.1 Å². The molecule has 10 heteroatoms. The number of benzene rings is 1. The van der Waals surface area contributed by atoms with Gasteiger partial charge in [-0.25, -0.2) is 14.6 Å². The summed E-state index contributed by atoms with van der Waals surface area (Å²) >= 11 is 0. The average molecular weight is 470 g/mol. The van der Waals surface area contributed by atoms with Gasteiger partial charge in [-0.3, -0.25) is 9.89 Å². The number of likely N-dealkylation sites (tertiary alicyclic amines) is 1. The van der Waals surface area contributed by atoms with Crippen molar-refractivity contribution in [3.05, 3.63) is 64.6 Å². The van der Waals surface area contributed by atoms with E-state index >= 15 is 0 Å². The van der Waals surface area contributed by atoms with Gasteiger partial charge in [0.1, 0.15) is 17.8 Å². The predicted molar refractivity (Wildman–Crippen MR) is 135 cm³/mol. The number of aromatic amines is 1. The van der Waals surface area contributed by atoms with Gasteiger partial charge in [0.15, 0.2) is 5.65 Å². The van der Waals surface area contributed by atoms with Crippen LogP contribution in [0, 0.1) is 6.92 Å². The number of nitrogen functional groups attached to an aromatic ring is 1. The van der Waals surface area contributed by atoms with Gasteiger partial charge in [0.25, 0.3) is 5.56 Å². The van der Waals surface area contributed by atoms with Crippen LogP contribution < -0.4 is 11.3 Å². The molecule has 10 nitrogen and oxygen atoms in total. The van der Waals surface area contributed by atoms with Gasteiger partial charge in [-0.15, -0.1) is 0 Å². The lowest BCUT2D eigenvalue weighted by molar-refractivity contribution is 0.216. The number of anilines is 1. The van der Waals surface area contributed by atoms with E-state index in [1.54, 1.807) is 12.4 Å². The minimum absolute atomic E-state index is 0.0609. The summed E-state index contributed by atoms with van der Waals surface area (Å²) in [6.07, 6.45) is 6.77. The highest BCUT2D eigenvalue weighted by Crippen LogP contribution is 2.31. The lowest BCUT2D eigenvalue weighted by atomic mass is 10.0. The van der Waals surface area contributed by atoms with E-state index in [0.717, 1.165) is 53.5 Å². The monoisotopic (exact) mass is 469 g/mol. The summed E-state index contributed by atoms with van der Waals surface area (Å²) in [7, 11) is 2.13. The maximum Gasteiger partial charge on any atom is 0.259 e. The molecule has 0 unspecified atom stereocenters. The van der Waals surface area contributed by atoms with Crippen LogP contribution in [0.25, 0.3) is 33.1 Å². The van der Waals surface area contributed by atoms with Crippen LogP contribution in [0.5, 0.6) is 0 Å². The molecule has 5 aromatic rings. The summed E-state index contributed by atoms with van der Waals surface area (Å²) in [6, 6.07) is 8.25. The second-order valence-corrected chi connectivity index (χ2v) is 9.34. The second kappa shape index (κ2) is 8.31. The Kier molecular flexibility index (Phi) is 5.10. The number of aryl methyl sites for hydroxylation is 1. The van der Waals surface area contributed by atoms with Gasteiger partial charge in [0, 0.05) is 23.5 Å². The van der Waals surface area contributed by atoms with Crippen LogP contribution >= 0.6 is 0 Å². The quantitative estimate of drug-likeness (QED) is 0.415. The molecule has 1 fully saturated rings. The fourth-order valence-corrected chi connectivity index (χ4v) is 5.25. The van der Waals surface area contributed by atoms with Crippen LogP contribution in [-0.2, 0) is 6.54 Å². The number of fused-ring (bicyclic) bond motifs is 2. The lowest BCUT2D eigenvalue weighted by Crippen LogP contribution is -2.37. The summed E-state index contributed by atoms with van der Waals surface area (Å²) < 4.78 is 3.81. The highest BCUT2D eigenvalue weighted by Gasteiger charge is 2.25. The summed E-state index contributed by atoms with van der Waals surface area (Å²) in [5.74, 6) is 0.360. The first kappa shape index (κ1) is 21.5. The first-order valence-electron chi connectivity index (χ1n) is 11.8. The van der Waals surface area contributed by atoms with Crippen LogP contribution in [0.4, 0.5) is 5.82 Å². The number of piperidine rings is 1. The number of rotatable bonds is 4. The summed E-state index contributed by atoms with van der Waals surface area (Å²) in [6.45, 7) is 4.31. The van der Waals surface area contributed by atoms with E-state index in [-0.39, 0.29) is 11.6 Å². The second-order valence-electron chi connectivity index (χ2n) is 9.34. The van der Waals surface area contributed by atoms with Gasteiger partial charge in [0.05, 0.1) is 23.5 Å². The number of nitrogens with two attached hydrogens (primary N) is 1. The Morgan fingerprint density at radius 2 is 2.00 bits per heavy atom. The number of hydrogen-bond donors (Lipinski definition) is 2.